The Morgan fingerprint density at radius 2 is 1.86 bits per heavy atom. The molecule has 1 saturated carbocycles. The van der Waals surface area contributed by atoms with Gasteiger partial charge in [0.1, 0.15) is 12.1 Å². The molecule has 2 amide bonds. The molecule has 10 heteroatoms. The molecule has 222 valence electrons. The van der Waals surface area contributed by atoms with Gasteiger partial charge in [0, 0.05) is 54.5 Å². The van der Waals surface area contributed by atoms with Crippen molar-refractivity contribution < 1.29 is 19.1 Å². The van der Waals surface area contributed by atoms with Crippen LogP contribution in [0.25, 0.3) is 16.6 Å². The number of fused-ring (bicyclic) bond motifs is 1. The average Bonchev–Trinajstić information content (AvgIpc) is 3.72. The van der Waals surface area contributed by atoms with Crippen LogP contribution >= 0.6 is 0 Å². The number of hydrogen-bond donors (Lipinski definition) is 2. The monoisotopic (exact) mass is 582 g/mol. The number of likely N-dealkylation sites (tertiary alicyclic amines) is 1. The highest BCUT2D eigenvalue weighted by Crippen LogP contribution is 2.48. The summed E-state index contributed by atoms with van der Waals surface area (Å²) in [4.78, 5) is 35.2. The molecule has 3 fully saturated rings. The van der Waals surface area contributed by atoms with Crippen LogP contribution in [0.1, 0.15) is 80.3 Å². The lowest BCUT2D eigenvalue weighted by molar-refractivity contribution is -0.134. The molecule has 4 heterocycles. The molecule has 2 aliphatic heterocycles. The van der Waals surface area contributed by atoms with Crippen LogP contribution in [0, 0.1) is 11.2 Å². The first-order chi connectivity index (χ1) is 20.6. The number of amides is 2. The number of halogens is 1. The average molecular weight is 583 g/mol. The van der Waals surface area contributed by atoms with Crippen molar-refractivity contribution in [3.63, 3.8) is 0 Å². The van der Waals surface area contributed by atoms with Crippen LogP contribution in [0.5, 0.6) is 0 Å². The van der Waals surface area contributed by atoms with Crippen LogP contribution in [0.2, 0.25) is 0 Å². The van der Waals surface area contributed by atoms with Crippen molar-refractivity contribution in [2.45, 2.75) is 69.9 Å². The second-order valence-corrected chi connectivity index (χ2v) is 13.0. The quantitative estimate of drug-likeness (QED) is 0.323. The lowest BCUT2D eigenvalue weighted by Gasteiger charge is -2.50. The minimum atomic E-state index is -1.40. The predicted octanol–water partition coefficient (Wildman–Crippen LogP) is 4.47. The molecule has 2 saturated heterocycles. The Bertz CT molecular complexity index is 1730. The van der Waals surface area contributed by atoms with E-state index >= 15 is 4.39 Å². The van der Waals surface area contributed by atoms with Gasteiger partial charge < -0.3 is 5.11 Å². The molecule has 7 rings (SSSR count). The third-order valence-corrected chi connectivity index (χ3v) is 9.50. The molecule has 2 aromatic heterocycles. The van der Waals surface area contributed by atoms with Crippen LogP contribution in [-0.4, -0.2) is 54.7 Å². The van der Waals surface area contributed by atoms with E-state index in [1.165, 1.54) is 12.8 Å². The van der Waals surface area contributed by atoms with Gasteiger partial charge in [-0.3, -0.25) is 24.8 Å². The zero-order valence-electron chi connectivity index (χ0n) is 24.4. The van der Waals surface area contributed by atoms with Gasteiger partial charge in [-0.1, -0.05) is 32.0 Å². The fourth-order valence-electron chi connectivity index (χ4n) is 6.70. The second-order valence-electron chi connectivity index (χ2n) is 13.0. The maximum absolute atomic E-state index is 16.2. The molecule has 2 aromatic carbocycles. The summed E-state index contributed by atoms with van der Waals surface area (Å²) < 4.78 is 18.1. The molecule has 0 radical (unpaired) electrons. The Hall–Kier alpha value is -4.02. The van der Waals surface area contributed by atoms with Gasteiger partial charge in [0.25, 0.3) is 0 Å². The van der Waals surface area contributed by atoms with E-state index in [1.54, 1.807) is 30.7 Å². The minimum Gasteiger partial charge on any atom is -0.384 e. The molecular formula is C33H35FN6O3. The first kappa shape index (κ1) is 27.8. The molecule has 43 heavy (non-hydrogen) atoms. The second kappa shape index (κ2) is 10.3. The van der Waals surface area contributed by atoms with E-state index in [1.807, 2.05) is 30.7 Å². The summed E-state index contributed by atoms with van der Waals surface area (Å²) in [6.07, 6.45) is 6.63. The third-order valence-electron chi connectivity index (χ3n) is 9.50. The van der Waals surface area contributed by atoms with Crippen molar-refractivity contribution in [2.24, 2.45) is 5.41 Å². The number of nitrogens with one attached hydrogen (secondary N) is 1. The smallest absolute Gasteiger partial charge is 0.234 e. The molecule has 2 N–H and O–H groups in total. The number of nitrogens with zero attached hydrogens (tertiary/aromatic N) is 5. The van der Waals surface area contributed by atoms with Gasteiger partial charge >= 0.3 is 0 Å². The molecule has 0 spiro atoms. The van der Waals surface area contributed by atoms with Gasteiger partial charge in [-0.05, 0) is 61.1 Å². The SMILES string of the molecule is CC1(C)CN(Cc2ccc(-n3cnc(C4CC4)n3)cc2)CC[C@@]1(O)c1ccc2ncc([C@@H]3CCC(=O)NC3=O)cc2c1F. The van der Waals surface area contributed by atoms with Crippen molar-refractivity contribution in [1.29, 1.82) is 0 Å². The fourth-order valence-corrected chi connectivity index (χ4v) is 6.70. The van der Waals surface area contributed by atoms with Crippen molar-refractivity contribution in [1.82, 2.24) is 30.0 Å². The van der Waals surface area contributed by atoms with Crippen molar-refractivity contribution in [3.05, 3.63) is 83.3 Å². The van der Waals surface area contributed by atoms with E-state index < -0.39 is 28.7 Å². The molecule has 0 bridgehead atoms. The summed E-state index contributed by atoms with van der Waals surface area (Å²) in [6, 6.07) is 13.3. The fraction of sp³-hybridized carbons (Fsp3) is 0.424. The van der Waals surface area contributed by atoms with Gasteiger partial charge in [-0.15, -0.1) is 0 Å². The molecule has 1 aliphatic carbocycles. The van der Waals surface area contributed by atoms with Crippen molar-refractivity contribution >= 4 is 22.7 Å². The molecule has 0 unspecified atom stereocenters. The van der Waals surface area contributed by atoms with Crippen LogP contribution in [0.3, 0.4) is 0 Å². The van der Waals surface area contributed by atoms with E-state index in [0.717, 1.165) is 17.1 Å². The summed E-state index contributed by atoms with van der Waals surface area (Å²) >= 11 is 0. The number of imide groups is 1. The van der Waals surface area contributed by atoms with Gasteiger partial charge in [0.15, 0.2) is 5.82 Å². The van der Waals surface area contributed by atoms with E-state index in [4.69, 9.17) is 0 Å². The molecule has 2 atom stereocenters. The summed E-state index contributed by atoms with van der Waals surface area (Å²) in [5.41, 5.74) is 1.32. The number of aliphatic hydroxyl groups is 1. The lowest BCUT2D eigenvalue weighted by Crippen LogP contribution is -2.55. The normalized spacial score (nSPS) is 24.3. The number of carbonyl (C=O) groups is 2. The van der Waals surface area contributed by atoms with Gasteiger partial charge in [0.2, 0.25) is 11.8 Å². The lowest BCUT2D eigenvalue weighted by atomic mass is 9.66. The first-order valence-electron chi connectivity index (χ1n) is 15.0. The molecule has 4 aromatic rings. The number of rotatable bonds is 6. The Balaban J connectivity index is 1.09. The maximum Gasteiger partial charge on any atom is 0.234 e. The topological polar surface area (TPSA) is 113 Å². The zero-order chi connectivity index (χ0) is 29.9. The molecule has 9 nitrogen and oxygen atoms in total. The Morgan fingerprint density at radius 3 is 2.58 bits per heavy atom. The zero-order valence-corrected chi connectivity index (χ0v) is 24.4. The number of pyridine rings is 1. The molecule has 3 aliphatic rings. The largest absolute Gasteiger partial charge is 0.384 e. The van der Waals surface area contributed by atoms with E-state index in [9.17, 15) is 14.7 Å². The summed E-state index contributed by atoms with van der Waals surface area (Å²) in [6.45, 7) is 5.84. The van der Waals surface area contributed by atoms with Gasteiger partial charge in [-0.25, -0.2) is 14.1 Å². The van der Waals surface area contributed by atoms with Crippen molar-refractivity contribution in [2.75, 3.05) is 13.1 Å². The highest BCUT2D eigenvalue weighted by molar-refractivity contribution is 6.01. The van der Waals surface area contributed by atoms with Gasteiger partial charge in [0.05, 0.1) is 22.7 Å². The van der Waals surface area contributed by atoms with E-state index in [2.05, 4.69) is 37.4 Å². The maximum atomic E-state index is 16.2. The Labute approximate surface area is 249 Å². The Morgan fingerprint density at radius 1 is 1.07 bits per heavy atom. The minimum absolute atomic E-state index is 0.231. The number of carbonyl (C=O) groups excluding carboxylic acids is 2. The molecular weight excluding hydrogens is 547 g/mol. The van der Waals surface area contributed by atoms with Crippen molar-refractivity contribution in [3.8, 4) is 5.69 Å². The number of hydrogen-bond acceptors (Lipinski definition) is 7. The number of aromatic nitrogens is 4. The first-order valence-corrected chi connectivity index (χ1v) is 15.0. The summed E-state index contributed by atoms with van der Waals surface area (Å²) in [5, 5.41) is 19.3. The summed E-state index contributed by atoms with van der Waals surface area (Å²) in [5.74, 6) is -0.345. The highest BCUT2D eigenvalue weighted by Gasteiger charge is 2.50. The van der Waals surface area contributed by atoms with E-state index in [-0.39, 0.29) is 23.3 Å². The third kappa shape index (κ3) is 5.02. The predicted molar refractivity (Wildman–Crippen MR) is 158 cm³/mol. The van der Waals surface area contributed by atoms with E-state index in [0.29, 0.717) is 49.5 Å². The van der Waals surface area contributed by atoms with Crippen LogP contribution in [0.15, 0.2) is 55.0 Å². The van der Waals surface area contributed by atoms with Crippen LogP contribution in [-0.2, 0) is 21.7 Å². The Kier molecular flexibility index (Phi) is 6.66. The van der Waals surface area contributed by atoms with Crippen LogP contribution in [0.4, 0.5) is 4.39 Å². The number of piperidine rings is 2. The van der Waals surface area contributed by atoms with Crippen LogP contribution < -0.4 is 5.32 Å². The summed E-state index contributed by atoms with van der Waals surface area (Å²) in [7, 11) is 0. The van der Waals surface area contributed by atoms with Gasteiger partial charge in [-0.2, -0.15) is 5.10 Å². The number of benzene rings is 2. The highest BCUT2D eigenvalue weighted by atomic mass is 19.1. The standard InChI is InChI=1S/C33H35FN6O3/c1-32(2)18-39(17-20-3-7-23(8-4-20)40-19-36-30(38-40)21-5-6-21)14-13-33(32,43)26-10-11-27-25(29(26)34)15-22(16-35-27)24-9-12-28(41)37-31(24)42/h3-4,7-8,10-11,15-16,19,21,24,43H,5-6,9,12-14,17-18H2,1-2H3,(H,37,41,42)/t24-,33+/m0/s1.